The van der Waals surface area contributed by atoms with Crippen molar-refractivity contribution in [3.8, 4) is 5.75 Å². The average Bonchev–Trinajstić information content (AvgIpc) is 2.75. The number of rotatable bonds is 7. The van der Waals surface area contributed by atoms with E-state index in [1.807, 2.05) is 32.0 Å². The van der Waals surface area contributed by atoms with E-state index in [2.05, 4.69) is 15.8 Å². The van der Waals surface area contributed by atoms with E-state index in [1.54, 1.807) is 30.3 Å². The van der Waals surface area contributed by atoms with Gasteiger partial charge in [0.05, 0.1) is 11.8 Å². The molecule has 0 heterocycles. The Kier molecular flexibility index (Phi) is 7.11. The lowest BCUT2D eigenvalue weighted by atomic mass is 10.1. The lowest BCUT2D eigenvalue weighted by molar-refractivity contribution is -0.118. The highest BCUT2D eigenvalue weighted by Gasteiger charge is 2.09. The quantitative estimate of drug-likeness (QED) is 0.444. The number of nitrogens with one attached hydrogen (secondary N) is 2. The maximum absolute atomic E-state index is 13.6. The predicted octanol–water partition coefficient (Wildman–Crippen LogP) is 4.22. The van der Waals surface area contributed by atoms with E-state index in [1.165, 1.54) is 24.4 Å². The third-order valence-corrected chi connectivity index (χ3v) is 4.52. The Bertz CT molecular complexity index is 1130. The van der Waals surface area contributed by atoms with E-state index in [4.69, 9.17) is 4.74 Å². The van der Waals surface area contributed by atoms with E-state index in [0.717, 1.165) is 11.1 Å². The Labute approximate surface area is 179 Å². The van der Waals surface area contributed by atoms with Gasteiger partial charge in [0.15, 0.2) is 6.61 Å². The van der Waals surface area contributed by atoms with Crippen molar-refractivity contribution >= 4 is 23.7 Å². The van der Waals surface area contributed by atoms with Gasteiger partial charge in [0.2, 0.25) is 0 Å². The minimum absolute atomic E-state index is 0.0912. The molecule has 31 heavy (non-hydrogen) atoms. The number of carbonyl (C=O) groups excluding carboxylic acids is 2. The molecule has 0 saturated heterocycles. The van der Waals surface area contributed by atoms with E-state index in [9.17, 15) is 14.0 Å². The highest BCUT2D eigenvalue weighted by molar-refractivity contribution is 5.95. The number of hydrazone groups is 1. The second-order valence-electron chi connectivity index (χ2n) is 6.89. The molecule has 0 aliphatic rings. The Morgan fingerprint density at radius 2 is 1.81 bits per heavy atom. The smallest absolute Gasteiger partial charge is 0.274 e. The number of hydrogen-bond acceptors (Lipinski definition) is 4. The Morgan fingerprint density at radius 3 is 2.58 bits per heavy atom. The fourth-order valence-corrected chi connectivity index (χ4v) is 2.72. The third-order valence-electron chi connectivity index (χ3n) is 4.52. The molecule has 3 rings (SSSR count). The molecule has 0 atom stereocenters. The van der Waals surface area contributed by atoms with Crippen molar-refractivity contribution < 1.29 is 18.7 Å². The second kappa shape index (κ2) is 10.2. The van der Waals surface area contributed by atoms with Crippen molar-refractivity contribution in [2.75, 3.05) is 11.9 Å². The summed E-state index contributed by atoms with van der Waals surface area (Å²) in [7, 11) is 0. The largest absolute Gasteiger partial charge is 0.484 e. The Balaban J connectivity index is 1.53. The molecular weight excluding hydrogens is 397 g/mol. The van der Waals surface area contributed by atoms with Gasteiger partial charge in [-0.15, -0.1) is 0 Å². The van der Waals surface area contributed by atoms with Crippen LogP contribution in [0.15, 0.2) is 71.8 Å². The molecule has 0 fully saturated rings. The Hall–Kier alpha value is -4.00. The number of aryl methyl sites for hydroxylation is 2. The zero-order valence-corrected chi connectivity index (χ0v) is 17.2. The van der Waals surface area contributed by atoms with Gasteiger partial charge in [0, 0.05) is 5.69 Å². The van der Waals surface area contributed by atoms with Crippen LogP contribution in [0.1, 0.15) is 27.0 Å². The first-order valence-corrected chi connectivity index (χ1v) is 9.60. The summed E-state index contributed by atoms with van der Waals surface area (Å²) < 4.78 is 19.1. The molecule has 158 valence electrons. The molecule has 0 radical (unpaired) electrons. The zero-order valence-electron chi connectivity index (χ0n) is 17.2. The van der Waals surface area contributed by atoms with Crippen molar-refractivity contribution in [2.24, 2.45) is 5.10 Å². The molecule has 0 spiro atoms. The lowest BCUT2D eigenvalue weighted by Crippen LogP contribution is -2.20. The first-order valence-electron chi connectivity index (χ1n) is 9.60. The van der Waals surface area contributed by atoms with E-state index < -0.39 is 11.7 Å². The fraction of sp³-hybridized carbons (Fsp3) is 0.125. The predicted molar refractivity (Wildman–Crippen MR) is 118 cm³/mol. The standard InChI is InChI=1S/C24H22FN3O3/c1-16-10-11-19(12-17(16)2)27-23(29)15-31-20-7-5-6-18(13-20)14-26-28-24(30)21-8-3-4-9-22(21)25/h3-14H,15H2,1-2H3,(H,27,29)(H,28,30)/b26-14-. The van der Waals surface area contributed by atoms with Gasteiger partial charge in [-0.3, -0.25) is 9.59 Å². The lowest BCUT2D eigenvalue weighted by Gasteiger charge is -2.09. The SMILES string of the molecule is Cc1ccc(NC(=O)COc2cccc(/C=N\NC(=O)c3ccccc3F)c2)cc1C. The van der Waals surface area contributed by atoms with Crippen molar-refractivity contribution in [3.05, 3.63) is 94.8 Å². The van der Waals surface area contributed by atoms with Crippen LogP contribution in [-0.2, 0) is 4.79 Å². The molecule has 2 N–H and O–H groups in total. The molecule has 0 aliphatic heterocycles. The molecule has 6 nitrogen and oxygen atoms in total. The van der Waals surface area contributed by atoms with Gasteiger partial charge in [-0.2, -0.15) is 5.10 Å². The number of carbonyl (C=O) groups is 2. The second-order valence-corrected chi connectivity index (χ2v) is 6.89. The minimum atomic E-state index is -0.648. The third kappa shape index (κ3) is 6.24. The Morgan fingerprint density at radius 1 is 1.00 bits per heavy atom. The van der Waals surface area contributed by atoms with Crippen LogP contribution in [0.4, 0.5) is 10.1 Å². The van der Waals surface area contributed by atoms with Crippen molar-refractivity contribution in [2.45, 2.75) is 13.8 Å². The first kappa shape index (κ1) is 21.7. The number of benzene rings is 3. The van der Waals surface area contributed by atoms with Crippen LogP contribution in [0.25, 0.3) is 0 Å². The van der Waals surface area contributed by atoms with Crippen LogP contribution in [-0.4, -0.2) is 24.6 Å². The van der Waals surface area contributed by atoms with Gasteiger partial charge in [-0.05, 0) is 66.9 Å². The fourth-order valence-electron chi connectivity index (χ4n) is 2.72. The van der Waals surface area contributed by atoms with Crippen LogP contribution in [0, 0.1) is 19.7 Å². The normalized spacial score (nSPS) is 10.7. The highest BCUT2D eigenvalue weighted by Crippen LogP contribution is 2.15. The molecule has 0 saturated carbocycles. The maximum Gasteiger partial charge on any atom is 0.274 e. The number of amides is 2. The summed E-state index contributed by atoms with van der Waals surface area (Å²) in [6.45, 7) is 3.83. The highest BCUT2D eigenvalue weighted by atomic mass is 19.1. The maximum atomic E-state index is 13.6. The molecule has 0 aromatic heterocycles. The van der Waals surface area contributed by atoms with Gasteiger partial charge in [0.25, 0.3) is 11.8 Å². The molecule has 0 unspecified atom stereocenters. The topological polar surface area (TPSA) is 79.8 Å². The van der Waals surface area contributed by atoms with Gasteiger partial charge >= 0.3 is 0 Å². The number of anilines is 1. The number of hydrogen-bond donors (Lipinski definition) is 2. The summed E-state index contributed by atoms with van der Waals surface area (Å²) in [4.78, 5) is 24.1. The molecular formula is C24H22FN3O3. The van der Waals surface area contributed by atoms with Crippen molar-refractivity contribution in [3.63, 3.8) is 0 Å². The summed E-state index contributed by atoms with van der Waals surface area (Å²) in [5, 5.41) is 6.63. The monoisotopic (exact) mass is 419 g/mol. The summed E-state index contributed by atoms with van der Waals surface area (Å²) in [5.41, 5.74) is 5.78. The summed E-state index contributed by atoms with van der Waals surface area (Å²) in [6, 6.07) is 18.2. The molecule has 2 amide bonds. The molecule has 0 aliphatic carbocycles. The summed E-state index contributed by atoms with van der Waals surface area (Å²) >= 11 is 0. The van der Waals surface area contributed by atoms with Gasteiger partial charge in [0.1, 0.15) is 11.6 Å². The number of halogens is 1. The summed E-state index contributed by atoms with van der Waals surface area (Å²) in [6.07, 6.45) is 1.40. The van der Waals surface area contributed by atoms with Gasteiger partial charge in [-0.1, -0.05) is 30.3 Å². The van der Waals surface area contributed by atoms with Crippen LogP contribution >= 0.6 is 0 Å². The first-order chi connectivity index (χ1) is 14.9. The molecule has 3 aromatic carbocycles. The van der Waals surface area contributed by atoms with Crippen LogP contribution in [0.2, 0.25) is 0 Å². The average molecular weight is 419 g/mol. The number of ether oxygens (including phenoxy) is 1. The van der Waals surface area contributed by atoms with Crippen molar-refractivity contribution in [1.82, 2.24) is 5.43 Å². The van der Waals surface area contributed by atoms with Crippen LogP contribution < -0.4 is 15.5 Å². The zero-order chi connectivity index (χ0) is 22.2. The van der Waals surface area contributed by atoms with Crippen LogP contribution in [0.5, 0.6) is 5.75 Å². The van der Waals surface area contributed by atoms with Gasteiger partial charge in [-0.25, -0.2) is 9.82 Å². The summed E-state index contributed by atoms with van der Waals surface area (Å²) in [5.74, 6) is -1.08. The molecule has 0 bridgehead atoms. The molecule has 3 aromatic rings. The van der Waals surface area contributed by atoms with E-state index in [-0.39, 0.29) is 18.1 Å². The minimum Gasteiger partial charge on any atom is -0.484 e. The number of nitrogens with zero attached hydrogens (tertiary/aromatic N) is 1. The van der Waals surface area contributed by atoms with Gasteiger partial charge < -0.3 is 10.1 Å². The van der Waals surface area contributed by atoms with E-state index in [0.29, 0.717) is 17.0 Å². The van der Waals surface area contributed by atoms with Crippen molar-refractivity contribution in [1.29, 1.82) is 0 Å². The molecule has 7 heteroatoms. The van der Waals surface area contributed by atoms with Crippen LogP contribution in [0.3, 0.4) is 0 Å². The van der Waals surface area contributed by atoms with E-state index >= 15 is 0 Å².